The SMILES string of the molecule is COc1cc2nc(NC(=O)c3cccc(S(=O)(=O)N4CCCCCC4)c3)sc2cc1OC. The zero-order valence-corrected chi connectivity index (χ0v) is 19.6. The summed E-state index contributed by atoms with van der Waals surface area (Å²) in [6.45, 7) is 1.02. The van der Waals surface area contributed by atoms with Gasteiger partial charge in [-0.15, -0.1) is 0 Å². The second-order valence-corrected chi connectivity index (χ2v) is 10.5. The molecule has 0 spiro atoms. The van der Waals surface area contributed by atoms with E-state index in [1.807, 2.05) is 0 Å². The van der Waals surface area contributed by atoms with Gasteiger partial charge in [0.15, 0.2) is 16.6 Å². The molecule has 1 fully saturated rings. The van der Waals surface area contributed by atoms with Crippen molar-refractivity contribution in [3.63, 3.8) is 0 Å². The molecule has 0 radical (unpaired) electrons. The lowest BCUT2D eigenvalue weighted by Gasteiger charge is -2.20. The van der Waals surface area contributed by atoms with E-state index in [0.717, 1.165) is 30.4 Å². The molecular weight excluding hydrogens is 450 g/mol. The van der Waals surface area contributed by atoms with Gasteiger partial charge < -0.3 is 9.47 Å². The fourth-order valence-corrected chi connectivity index (χ4v) is 6.14. The minimum Gasteiger partial charge on any atom is -0.493 e. The van der Waals surface area contributed by atoms with E-state index in [0.29, 0.717) is 35.2 Å². The Kier molecular flexibility index (Phi) is 6.63. The zero-order valence-electron chi connectivity index (χ0n) is 18.0. The van der Waals surface area contributed by atoms with E-state index in [1.54, 1.807) is 38.5 Å². The molecule has 0 unspecified atom stereocenters. The van der Waals surface area contributed by atoms with Crippen molar-refractivity contribution in [1.82, 2.24) is 9.29 Å². The second-order valence-electron chi connectivity index (χ2n) is 7.49. The maximum absolute atomic E-state index is 13.1. The van der Waals surface area contributed by atoms with E-state index >= 15 is 0 Å². The van der Waals surface area contributed by atoms with Gasteiger partial charge in [0.05, 0.1) is 29.3 Å². The summed E-state index contributed by atoms with van der Waals surface area (Å²) >= 11 is 1.30. The molecule has 2 heterocycles. The highest BCUT2D eigenvalue weighted by atomic mass is 32.2. The molecule has 1 amide bonds. The predicted molar refractivity (Wildman–Crippen MR) is 124 cm³/mol. The summed E-state index contributed by atoms with van der Waals surface area (Å²) in [5.41, 5.74) is 0.927. The van der Waals surface area contributed by atoms with Crippen molar-refractivity contribution in [3.05, 3.63) is 42.0 Å². The number of thiazole rings is 1. The molecule has 1 saturated heterocycles. The average molecular weight is 476 g/mol. The van der Waals surface area contributed by atoms with Crippen LogP contribution in [0.25, 0.3) is 10.2 Å². The van der Waals surface area contributed by atoms with E-state index in [4.69, 9.17) is 9.47 Å². The average Bonchev–Trinajstić information content (AvgIpc) is 2.99. The van der Waals surface area contributed by atoms with E-state index in [-0.39, 0.29) is 10.5 Å². The monoisotopic (exact) mass is 475 g/mol. The van der Waals surface area contributed by atoms with Crippen LogP contribution in [0.2, 0.25) is 0 Å². The number of sulfonamides is 1. The van der Waals surface area contributed by atoms with Crippen LogP contribution < -0.4 is 14.8 Å². The van der Waals surface area contributed by atoms with Crippen LogP contribution in [0.4, 0.5) is 5.13 Å². The smallest absolute Gasteiger partial charge is 0.257 e. The van der Waals surface area contributed by atoms with Crippen LogP contribution >= 0.6 is 11.3 Å². The molecule has 3 aromatic rings. The van der Waals surface area contributed by atoms with Crippen LogP contribution in [-0.4, -0.2) is 50.9 Å². The molecule has 0 aliphatic carbocycles. The number of carbonyl (C=O) groups excluding carboxylic acids is 1. The molecule has 1 aliphatic rings. The van der Waals surface area contributed by atoms with Crippen LogP contribution in [0.15, 0.2) is 41.3 Å². The number of carbonyl (C=O) groups is 1. The maximum atomic E-state index is 13.1. The first-order valence-electron chi connectivity index (χ1n) is 10.4. The lowest BCUT2D eigenvalue weighted by atomic mass is 10.2. The van der Waals surface area contributed by atoms with Crippen molar-refractivity contribution >= 4 is 42.6 Å². The normalized spacial score (nSPS) is 15.3. The van der Waals surface area contributed by atoms with Crippen LogP contribution in [0.5, 0.6) is 11.5 Å². The number of rotatable bonds is 6. The van der Waals surface area contributed by atoms with Crippen molar-refractivity contribution in [2.75, 3.05) is 32.6 Å². The van der Waals surface area contributed by atoms with Gasteiger partial charge in [-0.3, -0.25) is 10.1 Å². The maximum Gasteiger partial charge on any atom is 0.257 e. The van der Waals surface area contributed by atoms with Crippen molar-refractivity contribution in [1.29, 1.82) is 0 Å². The molecule has 1 aromatic heterocycles. The van der Waals surface area contributed by atoms with Crippen LogP contribution in [0.3, 0.4) is 0 Å². The number of hydrogen-bond donors (Lipinski definition) is 1. The molecule has 0 atom stereocenters. The van der Waals surface area contributed by atoms with E-state index in [1.165, 1.54) is 27.8 Å². The minimum atomic E-state index is -3.64. The number of anilines is 1. The molecule has 10 heteroatoms. The Morgan fingerprint density at radius 3 is 2.41 bits per heavy atom. The topological polar surface area (TPSA) is 97.8 Å². The fraction of sp³-hybridized carbons (Fsp3) is 0.364. The number of aromatic nitrogens is 1. The number of methoxy groups -OCH3 is 2. The van der Waals surface area contributed by atoms with E-state index in [9.17, 15) is 13.2 Å². The summed E-state index contributed by atoms with van der Waals surface area (Å²) in [6.07, 6.45) is 3.78. The van der Waals surface area contributed by atoms with Gasteiger partial charge in [-0.05, 0) is 31.0 Å². The van der Waals surface area contributed by atoms with Crippen molar-refractivity contribution < 1.29 is 22.7 Å². The Hall–Kier alpha value is -2.69. The van der Waals surface area contributed by atoms with Crippen molar-refractivity contribution in [2.24, 2.45) is 0 Å². The largest absolute Gasteiger partial charge is 0.493 e. The van der Waals surface area contributed by atoms with Crippen LogP contribution in [0, 0.1) is 0 Å². The third kappa shape index (κ3) is 4.57. The summed E-state index contributed by atoms with van der Waals surface area (Å²) in [7, 11) is -0.535. The number of fused-ring (bicyclic) bond motifs is 1. The Morgan fingerprint density at radius 2 is 1.72 bits per heavy atom. The van der Waals surface area contributed by atoms with Gasteiger partial charge in [-0.2, -0.15) is 4.31 Å². The second kappa shape index (κ2) is 9.43. The van der Waals surface area contributed by atoms with Gasteiger partial charge in [0.25, 0.3) is 5.91 Å². The molecule has 1 N–H and O–H groups in total. The highest BCUT2D eigenvalue weighted by molar-refractivity contribution is 7.89. The number of nitrogens with one attached hydrogen (secondary N) is 1. The molecule has 32 heavy (non-hydrogen) atoms. The third-order valence-electron chi connectivity index (χ3n) is 5.41. The molecule has 170 valence electrons. The lowest BCUT2D eigenvalue weighted by molar-refractivity contribution is 0.102. The van der Waals surface area contributed by atoms with Gasteiger partial charge in [0, 0.05) is 30.8 Å². The summed E-state index contributed by atoms with van der Waals surface area (Å²) in [6, 6.07) is 9.69. The van der Waals surface area contributed by atoms with Gasteiger partial charge in [-0.25, -0.2) is 13.4 Å². The standard InChI is InChI=1S/C22H25N3O5S2/c1-29-18-13-17-20(14-19(18)30-2)31-22(23-17)24-21(26)15-8-7-9-16(12-15)32(27,28)25-10-5-3-4-6-11-25/h7-9,12-14H,3-6,10-11H2,1-2H3,(H,23,24,26). The first kappa shape index (κ1) is 22.5. The first-order chi connectivity index (χ1) is 15.4. The van der Waals surface area contributed by atoms with Gasteiger partial charge in [0.1, 0.15) is 0 Å². The molecular formula is C22H25N3O5S2. The highest BCUT2D eigenvalue weighted by Crippen LogP contribution is 2.36. The molecule has 4 rings (SSSR count). The summed E-state index contributed by atoms with van der Waals surface area (Å²) < 4.78 is 39.1. The quantitative estimate of drug-likeness (QED) is 0.576. The Balaban J connectivity index is 1.56. The van der Waals surface area contributed by atoms with Crippen molar-refractivity contribution in [2.45, 2.75) is 30.6 Å². The summed E-state index contributed by atoms with van der Waals surface area (Å²) in [4.78, 5) is 17.4. The molecule has 1 aliphatic heterocycles. The number of ether oxygens (including phenoxy) is 2. The van der Waals surface area contributed by atoms with Crippen molar-refractivity contribution in [3.8, 4) is 11.5 Å². The van der Waals surface area contributed by atoms with Crippen LogP contribution in [-0.2, 0) is 10.0 Å². The number of benzene rings is 2. The van der Waals surface area contributed by atoms with Crippen LogP contribution in [0.1, 0.15) is 36.0 Å². The molecule has 0 bridgehead atoms. The van der Waals surface area contributed by atoms with Gasteiger partial charge in [-0.1, -0.05) is 30.2 Å². The highest BCUT2D eigenvalue weighted by Gasteiger charge is 2.26. The summed E-state index contributed by atoms with van der Waals surface area (Å²) in [5, 5.41) is 3.17. The minimum absolute atomic E-state index is 0.130. The Morgan fingerprint density at radius 1 is 1.03 bits per heavy atom. The zero-order chi connectivity index (χ0) is 22.7. The van der Waals surface area contributed by atoms with E-state index in [2.05, 4.69) is 10.3 Å². The molecule has 0 saturated carbocycles. The van der Waals surface area contributed by atoms with Gasteiger partial charge >= 0.3 is 0 Å². The molecule has 8 nitrogen and oxygen atoms in total. The fourth-order valence-electron chi connectivity index (χ4n) is 3.71. The lowest BCUT2D eigenvalue weighted by Crippen LogP contribution is -2.32. The number of hydrogen-bond acceptors (Lipinski definition) is 7. The Bertz CT molecular complexity index is 1190. The third-order valence-corrected chi connectivity index (χ3v) is 8.24. The number of nitrogens with zero attached hydrogens (tertiary/aromatic N) is 2. The van der Waals surface area contributed by atoms with Gasteiger partial charge in [0.2, 0.25) is 10.0 Å². The molecule has 2 aromatic carbocycles. The van der Waals surface area contributed by atoms with E-state index < -0.39 is 15.9 Å². The first-order valence-corrected chi connectivity index (χ1v) is 12.6. The predicted octanol–water partition coefficient (Wildman–Crippen LogP) is 4.13. The Labute approximate surface area is 191 Å². The summed E-state index contributed by atoms with van der Waals surface area (Å²) in [5.74, 6) is 0.707. The number of amides is 1.